The van der Waals surface area contributed by atoms with Gasteiger partial charge in [0.25, 0.3) is 0 Å². The SMILES string of the molecule is COCCO[C@@H]1[C@H](N)[C@@H](COC(=O)c2ccccc2)O[C@H]1N1C=CC(=O)NC1. The first kappa shape index (κ1) is 20.3. The predicted molar refractivity (Wildman–Crippen MR) is 99.0 cm³/mol. The first-order chi connectivity index (χ1) is 13.6. The molecule has 2 heterocycles. The molecule has 1 aromatic carbocycles. The van der Waals surface area contributed by atoms with E-state index in [4.69, 9.17) is 24.7 Å². The van der Waals surface area contributed by atoms with Gasteiger partial charge < -0.3 is 34.9 Å². The lowest BCUT2D eigenvalue weighted by Crippen LogP contribution is -2.51. The summed E-state index contributed by atoms with van der Waals surface area (Å²) in [6, 6.07) is 8.19. The molecule has 1 amide bonds. The highest BCUT2D eigenvalue weighted by Crippen LogP contribution is 2.26. The predicted octanol–water partition coefficient (Wildman–Crippen LogP) is -0.170. The average Bonchev–Trinajstić information content (AvgIpc) is 3.03. The lowest BCUT2D eigenvalue weighted by molar-refractivity contribution is -0.124. The van der Waals surface area contributed by atoms with Gasteiger partial charge in [0.1, 0.15) is 18.8 Å². The molecule has 152 valence electrons. The summed E-state index contributed by atoms with van der Waals surface area (Å²) in [4.78, 5) is 25.3. The molecule has 4 atom stereocenters. The van der Waals surface area contributed by atoms with Crippen LogP contribution in [0.3, 0.4) is 0 Å². The molecule has 1 aromatic rings. The number of benzene rings is 1. The number of nitrogens with zero attached hydrogens (tertiary/aromatic N) is 1. The maximum atomic E-state index is 12.2. The Labute approximate surface area is 163 Å². The van der Waals surface area contributed by atoms with E-state index in [1.165, 1.54) is 6.08 Å². The summed E-state index contributed by atoms with van der Waals surface area (Å²) in [6.07, 6.45) is 1.50. The van der Waals surface area contributed by atoms with Crippen LogP contribution in [0.25, 0.3) is 0 Å². The number of carbonyl (C=O) groups is 2. The Morgan fingerprint density at radius 3 is 2.79 bits per heavy atom. The molecule has 0 aromatic heterocycles. The lowest BCUT2D eigenvalue weighted by atomic mass is 10.1. The van der Waals surface area contributed by atoms with Gasteiger partial charge in [0.2, 0.25) is 5.91 Å². The molecule has 0 unspecified atom stereocenters. The fourth-order valence-electron chi connectivity index (χ4n) is 3.06. The molecule has 0 saturated carbocycles. The molecule has 2 aliphatic heterocycles. The van der Waals surface area contributed by atoms with Gasteiger partial charge in [-0.15, -0.1) is 0 Å². The Hall–Kier alpha value is -2.46. The van der Waals surface area contributed by atoms with Crippen LogP contribution in [-0.2, 0) is 23.7 Å². The first-order valence-electron chi connectivity index (χ1n) is 9.05. The van der Waals surface area contributed by atoms with Gasteiger partial charge in [-0.3, -0.25) is 4.79 Å². The van der Waals surface area contributed by atoms with Gasteiger partial charge in [-0.1, -0.05) is 18.2 Å². The van der Waals surface area contributed by atoms with E-state index in [-0.39, 0.29) is 19.2 Å². The topological polar surface area (TPSA) is 112 Å². The van der Waals surface area contributed by atoms with E-state index >= 15 is 0 Å². The second kappa shape index (κ2) is 9.65. The molecule has 0 bridgehead atoms. The molecule has 0 radical (unpaired) electrons. The molecule has 1 saturated heterocycles. The fourth-order valence-corrected chi connectivity index (χ4v) is 3.06. The molecule has 2 aliphatic rings. The van der Waals surface area contributed by atoms with Crippen LogP contribution in [0, 0.1) is 0 Å². The summed E-state index contributed by atoms with van der Waals surface area (Å²) >= 11 is 0. The van der Waals surface area contributed by atoms with Crippen LogP contribution < -0.4 is 11.1 Å². The number of methoxy groups -OCH3 is 1. The second-order valence-corrected chi connectivity index (χ2v) is 6.46. The van der Waals surface area contributed by atoms with E-state index in [1.807, 2.05) is 6.07 Å². The summed E-state index contributed by atoms with van der Waals surface area (Å²) in [5.74, 6) is -0.620. The third-order valence-electron chi connectivity index (χ3n) is 4.57. The molecule has 9 nitrogen and oxygen atoms in total. The summed E-state index contributed by atoms with van der Waals surface area (Å²) in [6.45, 7) is 1.03. The van der Waals surface area contributed by atoms with Crippen molar-refractivity contribution in [1.29, 1.82) is 0 Å². The number of carbonyl (C=O) groups excluding carboxylic acids is 2. The summed E-state index contributed by atoms with van der Waals surface area (Å²) < 4.78 is 22.3. The number of amides is 1. The number of esters is 1. The number of hydrogen-bond acceptors (Lipinski definition) is 8. The summed E-state index contributed by atoms with van der Waals surface area (Å²) in [7, 11) is 1.58. The average molecular weight is 391 g/mol. The van der Waals surface area contributed by atoms with Crippen molar-refractivity contribution in [3.05, 3.63) is 48.2 Å². The van der Waals surface area contributed by atoms with Gasteiger partial charge in [0, 0.05) is 19.4 Å². The standard InChI is InChI=1S/C19H25N3O6/c1-25-9-10-26-17-16(20)14(11-27-19(24)13-5-3-2-4-6-13)28-18(17)22-8-7-15(23)21-12-22/h2-8,14,16-18H,9-12,20H2,1H3,(H,21,23)/t14-,16-,17-,18-/m1/s1. The molecule has 1 fully saturated rings. The van der Waals surface area contributed by atoms with Crippen LogP contribution in [0.5, 0.6) is 0 Å². The summed E-state index contributed by atoms with van der Waals surface area (Å²) in [5, 5.41) is 2.71. The molecule has 0 aliphatic carbocycles. The highest BCUT2D eigenvalue weighted by Gasteiger charge is 2.46. The Balaban J connectivity index is 1.64. The van der Waals surface area contributed by atoms with Crippen LogP contribution in [0.2, 0.25) is 0 Å². The number of rotatable bonds is 8. The fraction of sp³-hybridized carbons (Fsp3) is 0.474. The first-order valence-corrected chi connectivity index (χ1v) is 9.05. The summed E-state index contributed by atoms with van der Waals surface area (Å²) in [5.41, 5.74) is 6.79. The Morgan fingerprint density at radius 2 is 2.11 bits per heavy atom. The number of nitrogens with one attached hydrogen (secondary N) is 1. The van der Waals surface area contributed by atoms with Crippen molar-refractivity contribution < 1.29 is 28.5 Å². The third-order valence-corrected chi connectivity index (χ3v) is 4.57. The van der Waals surface area contributed by atoms with Crippen molar-refractivity contribution in [3.63, 3.8) is 0 Å². The minimum absolute atomic E-state index is 0.000550. The molecular formula is C19H25N3O6. The number of ether oxygens (including phenoxy) is 4. The van der Waals surface area contributed by atoms with Crippen molar-refractivity contribution in [2.45, 2.75) is 24.5 Å². The highest BCUT2D eigenvalue weighted by molar-refractivity contribution is 5.89. The van der Waals surface area contributed by atoms with E-state index in [2.05, 4.69) is 5.32 Å². The van der Waals surface area contributed by atoms with Gasteiger partial charge in [-0.05, 0) is 12.1 Å². The zero-order chi connectivity index (χ0) is 19.9. The molecule has 28 heavy (non-hydrogen) atoms. The van der Waals surface area contributed by atoms with Crippen molar-refractivity contribution in [2.75, 3.05) is 33.6 Å². The molecular weight excluding hydrogens is 366 g/mol. The zero-order valence-electron chi connectivity index (χ0n) is 15.7. The Bertz CT molecular complexity index is 698. The van der Waals surface area contributed by atoms with Gasteiger partial charge in [0.05, 0.1) is 31.5 Å². The van der Waals surface area contributed by atoms with Crippen LogP contribution in [0.4, 0.5) is 0 Å². The van der Waals surface area contributed by atoms with Crippen LogP contribution >= 0.6 is 0 Å². The molecule has 0 spiro atoms. The van der Waals surface area contributed by atoms with Crippen LogP contribution in [0.1, 0.15) is 10.4 Å². The van der Waals surface area contributed by atoms with Crippen molar-refractivity contribution in [2.24, 2.45) is 5.73 Å². The quantitative estimate of drug-likeness (QED) is 0.464. The maximum absolute atomic E-state index is 12.2. The number of hydrogen-bond donors (Lipinski definition) is 2. The lowest BCUT2D eigenvalue weighted by Gasteiger charge is -2.33. The van der Waals surface area contributed by atoms with Crippen molar-refractivity contribution >= 4 is 11.9 Å². The Kier molecular flexibility index (Phi) is 6.99. The third kappa shape index (κ3) is 4.87. The van der Waals surface area contributed by atoms with E-state index in [0.29, 0.717) is 18.8 Å². The van der Waals surface area contributed by atoms with Crippen molar-refractivity contribution in [1.82, 2.24) is 10.2 Å². The van der Waals surface area contributed by atoms with Crippen LogP contribution in [0.15, 0.2) is 42.6 Å². The van der Waals surface area contributed by atoms with E-state index in [1.54, 1.807) is 42.5 Å². The zero-order valence-corrected chi connectivity index (χ0v) is 15.7. The van der Waals surface area contributed by atoms with Crippen LogP contribution in [-0.4, -0.2) is 74.9 Å². The number of nitrogens with two attached hydrogens (primary N) is 1. The Morgan fingerprint density at radius 1 is 1.32 bits per heavy atom. The maximum Gasteiger partial charge on any atom is 0.338 e. The minimum Gasteiger partial charge on any atom is -0.459 e. The largest absolute Gasteiger partial charge is 0.459 e. The van der Waals surface area contributed by atoms with Crippen molar-refractivity contribution in [3.8, 4) is 0 Å². The van der Waals surface area contributed by atoms with E-state index in [0.717, 1.165) is 0 Å². The van der Waals surface area contributed by atoms with Gasteiger partial charge in [-0.2, -0.15) is 0 Å². The highest BCUT2D eigenvalue weighted by atomic mass is 16.6. The monoisotopic (exact) mass is 391 g/mol. The van der Waals surface area contributed by atoms with Gasteiger partial charge in [-0.25, -0.2) is 4.79 Å². The molecule has 3 N–H and O–H groups in total. The van der Waals surface area contributed by atoms with E-state index in [9.17, 15) is 9.59 Å². The minimum atomic E-state index is -0.545. The molecule has 9 heteroatoms. The second-order valence-electron chi connectivity index (χ2n) is 6.46. The van der Waals surface area contributed by atoms with Gasteiger partial charge >= 0.3 is 5.97 Å². The molecule has 3 rings (SSSR count). The van der Waals surface area contributed by atoms with E-state index < -0.39 is 30.4 Å². The van der Waals surface area contributed by atoms with Gasteiger partial charge in [0.15, 0.2) is 6.23 Å². The smallest absolute Gasteiger partial charge is 0.338 e. The normalized spacial score (nSPS) is 26.9.